The van der Waals surface area contributed by atoms with Gasteiger partial charge in [0, 0.05) is 64.3 Å². The quantitative estimate of drug-likeness (QED) is 0.337. The molecule has 1 fully saturated rings. The van der Waals surface area contributed by atoms with Gasteiger partial charge >= 0.3 is 0 Å². The Labute approximate surface area is 194 Å². The second kappa shape index (κ2) is 12.3. The van der Waals surface area contributed by atoms with Gasteiger partial charge in [0.2, 0.25) is 5.13 Å². The van der Waals surface area contributed by atoms with Gasteiger partial charge in [-0.25, -0.2) is 4.98 Å². The highest BCUT2D eigenvalue weighted by Gasteiger charge is 2.21. The van der Waals surface area contributed by atoms with Crippen LogP contribution in [0.4, 0.5) is 5.13 Å². The van der Waals surface area contributed by atoms with Gasteiger partial charge in [0.15, 0.2) is 5.96 Å². The van der Waals surface area contributed by atoms with Crippen molar-refractivity contribution in [1.82, 2.24) is 19.6 Å². The molecule has 1 aliphatic rings. The van der Waals surface area contributed by atoms with Crippen LogP contribution in [0, 0.1) is 0 Å². The molecular weight excluding hydrogens is 499 g/mol. The van der Waals surface area contributed by atoms with E-state index in [0.717, 1.165) is 62.7 Å². The number of aryl methyl sites for hydroxylation is 1. The Morgan fingerprint density at radius 1 is 1.14 bits per heavy atom. The smallest absolute Gasteiger partial charge is 0.205 e. The van der Waals surface area contributed by atoms with E-state index in [4.69, 9.17) is 4.74 Å². The van der Waals surface area contributed by atoms with Gasteiger partial charge in [-0.2, -0.15) is 4.37 Å². The number of aromatic nitrogens is 2. The maximum Gasteiger partial charge on any atom is 0.205 e. The highest BCUT2D eigenvalue weighted by Crippen LogP contribution is 2.19. The number of aliphatic imine (C=N–C) groups is 1. The van der Waals surface area contributed by atoms with E-state index < -0.39 is 0 Å². The van der Waals surface area contributed by atoms with E-state index in [1.54, 1.807) is 0 Å². The first-order valence-electron chi connectivity index (χ1n) is 9.92. The molecule has 0 spiro atoms. The average Bonchev–Trinajstić information content (AvgIpc) is 3.23. The van der Waals surface area contributed by atoms with Crippen molar-refractivity contribution >= 4 is 46.6 Å². The van der Waals surface area contributed by atoms with Crippen LogP contribution in [0.1, 0.15) is 30.8 Å². The summed E-state index contributed by atoms with van der Waals surface area (Å²) in [4.78, 5) is 13.7. The third-order valence-corrected chi connectivity index (χ3v) is 5.60. The number of hydrogen-bond acceptors (Lipinski definition) is 6. The molecule has 3 rings (SSSR count). The first-order valence-corrected chi connectivity index (χ1v) is 10.7. The number of piperazine rings is 1. The molecule has 7 nitrogen and oxygen atoms in total. The summed E-state index contributed by atoms with van der Waals surface area (Å²) in [6.45, 7) is 10.00. The van der Waals surface area contributed by atoms with Crippen LogP contribution in [0.5, 0.6) is 0 Å². The minimum atomic E-state index is 0. The summed E-state index contributed by atoms with van der Waals surface area (Å²) in [7, 11) is 1.85. The Morgan fingerprint density at radius 2 is 1.83 bits per heavy atom. The van der Waals surface area contributed by atoms with Crippen molar-refractivity contribution in [1.29, 1.82) is 0 Å². The van der Waals surface area contributed by atoms with Crippen LogP contribution in [0.15, 0.2) is 29.3 Å². The van der Waals surface area contributed by atoms with Gasteiger partial charge in [0.05, 0.1) is 6.61 Å². The summed E-state index contributed by atoms with van der Waals surface area (Å²) in [6.07, 6.45) is 0.889. The first-order chi connectivity index (χ1) is 13.7. The highest BCUT2D eigenvalue weighted by molar-refractivity contribution is 14.0. The molecule has 0 radical (unpaired) electrons. The largest absolute Gasteiger partial charge is 0.377 e. The van der Waals surface area contributed by atoms with Crippen LogP contribution in [-0.4, -0.2) is 60.1 Å². The molecule has 0 aliphatic carbocycles. The molecule has 0 amide bonds. The van der Waals surface area contributed by atoms with Gasteiger partial charge in [-0.05, 0) is 18.1 Å². The molecule has 0 unspecified atom stereocenters. The maximum absolute atomic E-state index is 5.45. The third-order valence-electron chi connectivity index (χ3n) is 4.78. The number of ether oxygens (including phenoxy) is 1. The summed E-state index contributed by atoms with van der Waals surface area (Å²) >= 11 is 1.50. The summed E-state index contributed by atoms with van der Waals surface area (Å²) in [5, 5.41) is 4.52. The van der Waals surface area contributed by atoms with Gasteiger partial charge < -0.3 is 19.9 Å². The Bertz CT molecular complexity index is 759. The lowest BCUT2D eigenvalue weighted by atomic mass is 10.1. The fraction of sp³-hybridized carbons (Fsp3) is 0.550. The molecule has 1 aliphatic heterocycles. The van der Waals surface area contributed by atoms with E-state index >= 15 is 0 Å². The van der Waals surface area contributed by atoms with Gasteiger partial charge in [-0.1, -0.05) is 31.2 Å². The average molecular weight is 530 g/mol. The minimum Gasteiger partial charge on any atom is -0.377 e. The lowest BCUT2D eigenvalue weighted by Gasteiger charge is -2.36. The predicted octanol–water partition coefficient (Wildman–Crippen LogP) is 3.15. The zero-order valence-electron chi connectivity index (χ0n) is 17.4. The lowest BCUT2D eigenvalue weighted by Crippen LogP contribution is -2.52. The monoisotopic (exact) mass is 530 g/mol. The normalized spacial score (nSPS) is 14.7. The van der Waals surface area contributed by atoms with Crippen LogP contribution in [0.2, 0.25) is 0 Å². The minimum absolute atomic E-state index is 0. The molecule has 1 N–H and O–H groups in total. The summed E-state index contributed by atoms with van der Waals surface area (Å²) in [5.74, 6) is 1.89. The molecule has 1 saturated heterocycles. The maximum atomic E-state index is 5.45. The first kappa shape index (κ1) is 23.8. The number of hydrogen-bond donors (Lipinski definition) is 1. The van der Waals surface area contributed by atoms with Gasteiger partial charge in [-0.15, -0.1) is 24.0 Å². The number of guanidine groups is 1. The number of rotatable bonds is 7. The zero-order chi connectivity index (χ0) is 19.8. The Hall–Kier alpha value is -1.46. The van der Waals surface area contributed by atoms with Crippen molar-refractivity contribution in [2.45, 2.75) is 33.4 Å². The summed E-state index contributed by atoms with van der Waals surface area (Å²) in [5.41, 5.74) is 2.44. The fourth-order valence-electron chi connectivity index (χ4n) is 3.11. The second-order valence-corrected chi connectivity index (χ2v) is 7.41. The van der Waals surface area contributed by atoms with E-state index in [9.17, 15) is 0 Å². The molecule has 2 heterocycles. The van der Waals surface area contributed by atoms with Crippen molar-refractivity contribution in [3.63, 3.8) is 0 Å². The number of halogens is 1. The Balaban J connectivity index is 0.00000300. The van der Waals surface area contributed by atoms with Crippen LogP contribution in [-0.2, 0) is 24.3 Å². The highest BCUT2D eigenvalue weighted by atomic mass is 127. The molecular formula is C20H31IN6OS. The predicted molar refractivity (Wildman–Crippen MR) is 130 cm³/mol. The molecule has 1 aromatic heterocycles. The topological polar surface area (TPSA) is 65.9 Å². The summed E-state index contributed by atoms with van der Waals surface area (Å²) < 4.78 is 9.85. The van der Waals surface area contributed by atoms with Crippen LogP contribution < -0.4 is 10.2 Å². The molecule has 0 bridgehead atoms. The number of nitrogens with one attached hydrogen (secondary N) is 1. The number of benzene rings is 1. The molecule has 2 aromatic rings. The standard InChI is InChI=1S/C20H30N6OS.HI/c1-4-18-23-20(28-24-18)26-12-10-25(11-13-26)19(21-3)22-14-16-6-8-17(9-7-16)15-27-5-2;/h6-9H,4-5,10-15H2,1-3H3,(H,21,22);1H. The van der Waals surface area contributed by atoms with Crippen LogP contribution >= 0.6 is 35.5 Å². The second-order valence-electron chi connectivity index (χ2n) is 6.68. The summed E-state index contributed by atoms with van der Waals surface area (Å²) in [6, 6.07) is 8.54. The van der Waals surface area contributed by atoms with Crippen molar-refractivity contribution in [2.24, 2.45) is 4.99 Å². The SMILES string of the molecule is CCOCc1ccc(CNC(=NC)N2CCN(c3nc(CC)ns3)CC2)cc1.I. The molecule has 0 saturated carbocycles. The van der Waals surface area contributed by atoms with Crippen LogP contribution in [0.3, 0.4) is 0 Å². The molecule has 29 heavy (non-hydrogen) atoms. The number of anilines is 1. The van der Waals surface area contributed by atoms with Crippen molar-refractivity contribution < 1.29 is 4.74 Å². The van der Waals surface area contributed by atoms with Gasteiger partial charge in [0.25, 0.3) is 0 Å². The molecule has 9 heteroatoms. The molecule has 0 atom stereocenters. The van der Waals surface area contributed by atoms with E-state index in [0.29, 0.717) is 6.61 Å². The van der Waals surface area contributed by atoms with E-state index in [1.807, 2.05) is 14.0 Å². The van der Waals surface area contributed by atoms with E-state index in [2.05, 4.69) is 60.7 Å². The van der Waals surface area contributed by atoms with Crippen molar-refractivity contribution in [2.75, 3.05) is 44.7 Å². The fourth-order valence-corrected chi connectivity index (χ4v) is 3.91. The van der Waals surface area contributed by atoms with Gasteiger partial charge in [0.1, 0.15) is 5.82 Å². The molecule has 160 valence electrons. The Morgan fingerprint density at radius 3 is 2.41 bits per heavy atom. The van der Waals surface area contributed by atoms with Gasteiger partial charge in [-0.3, -0.25) is 4.99 Å². The van der Waals surface area contributed by atoms with E-state index in [1.165, 1.54) is 22.7 Å². The molecule has 1 aromatic carbocycles. The van der Waals surface area contributed by atoms with Crippen LogP contribution in [0.25, 0.3) is 0 Å². The van der Waals surface area contributed by atoms with E-state index in [-0.39, 0.29) is 24.0 Å². The zero-order valence-corrected chi connectivity index (χ0v) is 20.6. The Kier molecular flexibility index (Phi) is 10.1. The van der Waals surface area contributed by atoms with Crippen molar-refractivity contribution in [3.8, 4) is 0 Å². The lowest BCUT2D eigenvalue weighted by molar-refractivity contribution is 0.134. The number of nitrogens with zero attached hydrogens (tertiary/aromatic N) is 5. The van der Waals surface area contributed by atoms with Crippen molar-refractivity contribution in [3.05, 3.63) is 41.2 Å². The third kappa shape index (κ3) is 6.78.